The van der Waals surface area contributed by atoms with Crippen LogP contribution < -0.4 is 4.90 Å². The summed E-state index contributed by atoms with van der Waals surface area (Å²) in [6.45, 7) is -0.837. The van der Waals surface area contributed by atoms with Gasteiger partial charge >= 0.3 is 5.97 Å². The summed E-state index contributed by atoms with van der Waals surface area (Å²) in [5, 5.41) is 8.78. The quantitative estimate of drug-likeness (QED) is 0.744. The fourth-order valence-electron chi connectivity index (χ4n) is 1.28. The van der Waals surface area contributed by atoms with Gasteiger partial charge in [0.1, 0.15) is 5.82 Å². The molecule has 0 unspecified atom stereocenters. The lowest BCUT2D eigenvalue weighted by atomic mass is 10.4. The molecule has 1 aromatic heterocycles. The summed E-state index contributed by atoms with van der Waals surface area (Å²) in [5.74, 6) is -0.492. The van der Waals surface area contributed by atoms with Gasteiger partial charge in [-0.2, -0.15) is 0 Å². The third-order valence-corrected chi connectivity index (χ3v) is 2.09. The maximum Gasteiger partial charge on any atom is 0.358 e. The third-order valence-electron chi connectivity index (χ3n) is 2.09. The molecular weight excluding hydrogens is 248 g/mol. The standard InChI is InChI=1S/C10H13F2N3O3/c1-18-10(17)7-4-14-9(5-13-7)15(2-3-16)6-8(11)12/h4-5,8,16H,2-3,6H2,1H3. The second-order valence-corrected chi connectivity index (χ2v) is 3.31. The highest BCUT2D eigenvalue weighted by atomic mass is 19.3. The number of carbonyl (C=O) groups excluding carboxylic acids is 1. The molecule has 100 valence electrons. The number of alkyl halides is 2. The van der Waals surface area contributed by atoms with E-state index in [2.05, 4.69) is 14.7 Å². The molecule has 6 nitrogen and oxygen atoms in total. The van der Waals surface area contributed by atoms with Crippen molar-refractivity contribution >= 4 is 11.8 Å². The third kappa shape index (κ3) is 3.88. The second-order valence-electron chi connectivity index (χ2n) is 3.31. The number of ether oxygens (including phenoxy) is 1. The molecule has 0 radical (unpaired) electrons. The SMILES string of the molecule is COC(=O)c1cnc(N(CCO)CC(F)F)cn1. The predicted molar refractivity (Wildman–Crippen MR) is 58.7 cm³/mol. The number of nitrogens with zero attached hydrogens (tertiary/aromatic N) is 3. The zero-order valence-corrected chi connectivity index (χ0v) is 9.71. The lowest BCUT2D eigenvalue weighted by molar-refractivity contribution is 0.0593. The van der Waals surface area contributed by atoms with Crippen molar-refractivity contribution in [2.24, 2.45) is 0 Å². The van der Waals surface area contributed by atoms with Gasteiger partial charge in [0.15, 0.2) is 5.69 Å². The number of hydrogen-bond acceptors (Lipinski definition) is 6. The summed E-state index contributed by atoms with van der Waals surface area (Å²) in [6, 6.07) is 0. The van der Waals surface area contributed by atoms with E-state index < -0.39 is 18.9 Å². The van der Waals surface area contributed by atoms with Gasteiger partial charge in [0.25, 0.3) is 6.43 Å². The lowest BCUT2D eigenvalue weighted by Crippen LogP contribution is -2.32. The summed E-state index contributed by atoms with van der Waals surface area (Å²) >= 11 is 0. The van der Waals surface area contributed by atoms with E-state index in [-0.39, 0.29) is 24.7 Å². The number of esters is 1. The Labute approximate surface area is 102 Å². The minimum Gasteiger partial charge on any atom is -0.464 e. The van der Waals surface area contributed by atoms with Gasteiger partial charge in [-0.05, 0) is 0 Å². The molecule has 0 spiro atoms. The van der Waals surface area contributed by atoms with E-state index in [4.69, 9.17) is 5.11 Å². The van der Waals surface area contributed by atoms with Crippen LogP contribution in [0.1, 0.15) is 10.5 Å². The molecule has 8 heteroatoms. The van der Waals surface area contributed by atoms with Crippen molar-refractivity contribution < 1.29 is 23.4 Å². The minimum absolute atomic E-state index is 0.0105. The number of rotatable bonds is 6. The first kappa shape index (κ1) is 14.2. The zero-order valence-electron chi connectivity index (χ0n) is 9.71. The fraction of sp³-hybridized carbons (Fsp3) is 0.500. The van der Waals surface area contributed by atoms with Crippen molar-refractivity contribution in [2.75, 3.05) is 31.7 Å². The number of halogens is 2. The molecule has 1 heterocycles. The monoisotopic (exact) mass is 261 g/mol. The van der Waals surface area contributed by atoms with Crippen molar-refractivity contribution in [3.8, 4) is 0 Å². The van der Waals surface area contributed by atoms with Crippen LogP contribution in [0.25, 0.3) is 0 Å². The van der Waals surface area contributed by atoms with Crippen LogP contribution in [0.15, 0.2) is 12.4 Å². The number of anilines is 1. The molecule has 0 aliphatic heterocycles. The van der Waals surface area contributed by atoms with Crippen LogP contribution in [0.5, 0.6) is 0 Å². The largest absolute Gasteiger partial charge is 0.464 e. The first-order valence-electron chi connectivity index (χ1n) is 5.12. The van der Waals surface area contributed by atoms with Gasteiger partial charge in [0.2, 0.25) is 0 Å². The molecule has 18 heavy (non-hydrogen) atoms. The van der Waals surface area contributed by atoms with Crippen molar-refractivity contribution in [1.82, 2.24) is 9.97 Å². The van der Waals surface area contributed by atoms with Gasteiger partial charge in [-0.3, -0.25) is 0 Å². The summed E-state index contributed by atoms with van der Waals surface area (Å²) < 4.78 is 29.1. The Hall–Kier alpha value is -1.83. The second kappa shape index (κ2) is 6.80. The minimum atomic E-state index is -2.56. The Bertz CT molecular complexity index is 386. The van der Waals surface area contributed by atoms with E-state index in [9.17, 15) is 13.6 Å². The first-order valence-corrected chi connectivity index (χ1v) is 5.12. The molecule has 1 rings (SSSR count). The molecule has 1 aromatic rings. The van der Waals surface area contributed by atoms with Gasteiger partial charge in [-0.1, -0.05) is 0 Å². The maximum atomic E-state index is 12.3. The Kier molecular flexibility index (Phi) is 5.37. The van der Waals surface area contributed by atoms with E-state index in [1.54, 1.807) is 0 Å². The number of carbonyl (C=O) groups is 1. The van der Waals surface area contributed by atoms with E-state index in [1.807, 2.05) is 0 Å². The maximum absolute atomic E-state index is 12.3. The average molecular weight is 261 g/mol. The van der Waals surface area contributed by atoms with Crippen molar-refractivity contribution in [2.45, 2.75) is 6.43 Å². The lowest BCUT2D eigenvalue weighted by Gasteiger charge is -2.21. The average Bonchev–Trinajstić information content (AvgIpc) is 2.37. The van der Waals surface area contributed by atoms with Crippen LogP contribution in [-0.4, -0.2) is 54.3 Å². The van der Waals surface area contributed by atoms with Gasteiger partial charge < -0.3 is 14.7 Å². The molecule has 0 aromatic carbocycles. The summed E-state index contributed by atoms with van der Waals surface area (Å²) in [6.07, 6.45) is -0.236. The van der Waals surface area contributed by atoms with Crippen LogP contribution in [0, 0.1) is 0 Å². The van der Waals surface area contributed by atoms with Gasteiger partial charge in [0.05, 0.1) is 32.7 Å². The van der Waals surface area contributed by atoms with Crippen LogP contribution in [0.2, 0.25) is 0 Å². The van der Waals surface area contributed by atoms with Crippen LogP contribution in [0.4, 0.5) is 14.6 Å². The van der Waals surface area contributed by atoms with Crippen molar-refractivity contribution in [3.63, 3.8) is 0 Å². The van der Waals surface area contributed by atoms with E-state index >= 15 is 0 Å². The molecule has 0 atom stereocenters. The van der Waals surface area contributed by atoms with E-state index in [0.29, 0.717) is 0 Å². The van der Waals surface area contributed by atoms with Crippen LogP contribution in [-0.2, 0) is 4.74 Å². The molecule has 0 saturated carbocycles. The summed E-state index contributed by atoms with van der Waals surface area (Å²) in [5.41, 5.74) is -0.0118. The van der Waals surface area contributed by atoms with Crippen molar-refractivity contribution in [3.05, 3.63) is 18.1 Å². The number of hydrogen-bond donors (Lipinski definition) is 1. The number of aliphatic hydroxyl groups is 1. The van der Waals surface area contributed by atoms with E-state index in [0.717, 1.165) is 6.20 Å². The molecule has 0 aliphatic carbocycles. The molecular formula is C10H13F2N3O3. The number of methoxy groups -OCH3 is 1. The van der Waals surface area contributed by atoms with Crippen molar-refractivity contribution in [1.29, 1.82) is 0 Å². The molecule has 0 amide bonds. The van der Waals surface area contributed by atoms with Gasteiger partial charge in [0, 0.05) is 6.54 Å². The molecule has 0 fully saturated rings. The van der Waals surface area contributed by atoms with Gasteiger partial charge in [-0.15, -0.1) is 0 Å². The van der Waals surface area contributed by atoms with Crippen LogP contribution in [0.3, 0.4) is 0 Å². The highest BCUT2D eigenvalue weighted by Gasteiger charge is 2.15. The number of aliphatic hydroxyl groups excluding tert-OH is 1. The summed E-state index contributed by atoms with van der Waals surface area (Å²) in [7, 11) is 1.20. The fourth-order valence-corrected chi connectivity index (χ4v) is 1.28. The van der Waals surface area contributed by atoms with Gasteiger partial charge in [-0.25, -0.2) is 23.5 Å². The Morgan fingerprint density at radius 2 is 2.22 bits per heavy atom. The highest BCUT2D eigenvalue weighted by Crippen LogP contribution is 2.11. The zero-order chi connectivity index (χ0) is 13.5. The molecule has 1 N–H and O–H groups in total. The Balaban J connectivity index is 2.82. The van der Waals surface area contributed by atoms with Crippen LogP contribution >= 0.6 is 0 Å². The molecule has 0 bridgehead atoms. The smallest absolute Gasteiger partial charge is 0.358 e. The van der Waals surface area contributed by atoms with E-state index in [1.165, 1.54) is 18.2 Å². The predicted octanol–water partition coefficient (Wildman–Crippen LogP) is 0.327. The normalized spacial score (nSPS) is 10.5. The number of aromatic nitrogens is 2. The highest BCUT2D eigenvalue weighted by molar-refractivity contribution is 5.86. The first-order chi connectivity index (χ1) is 8.58. The molecule has 0 aliphatic rings. The topological polar surface area (TPSA) is 75.5 Å². The Morgan fingerprint density at radius 1 is 1.50 bits per heavy atom. The molecule has 0 saturated heterocycles. The Morgan fingerprint density at radius 3 is 2.67 bits per heavy atom. The summed E-state index contributed by atoms with van der Waals surface area (Å²) in [4.78, 5) is 19.9.